The lowest BCUT2D eigenvalue weighted by Gasteiger charge is -2.00. The molecule has 18 heavy (non-hydrogen) atoms. The summed E-state index contributed by atoms with van der Waals surface area (Å²) in [4.78, 5) is 4.08. The van der Waals surface area contributed by atoms with Crippen molar-refractivity contribution in [2.45, 2.75) is 13.3 Å². The smallest absolute Gasteiger partial charge is 0.134 e. The van der Waals surface area contributed by atoms with E-state index in [0.717, 1.165) is 22.3 Å². The summed E-state index contributed by atoms with van der Waals surface area (Å²) in [5.74, 6) is 1.48. The van der Waals surface area contributed by atoms with Gasteiger partial charge >= 0.3 is 0 Å². The van der Waals surface area contributed by atoms with E-state index in [2.05, 4.69) is 24.0 Å². The van der Waals surface area contributed by atoms with E-state index in [9.17, 15) is 0 Å². The Balaban J connectivity index is 1.98. The number of anilines is 1. The standard InChI is InChI=1S/C15H14N2O/c1-10-4-5-14-12(7-10)9-13(18-14)8-11-3-2-6-17-15(11)16/h2-7,9H,8H2,1H3,(H2,16,17). The Morgan fingerprint density at radius 1 is 1.22 bits per heavy atom. The van der Waals surface area contributed by atoms with E-state index in [1.807, 2.05) is 24.3 Å². The number of aromatic nitrogens is 1. The van der Waals surface area contributed by atoms with Gasteiger partial charge in [0.2, 0.25) is 0 Å². The summed E-state index contributed by atoms with van der Waals surface area (Å²) in [5.41, 5.74) is 8.97. The normalized spacial score (nSPS) is 10.9. The van der Waals surface area contributed by atoms with Gasteiger partial charge < -0.3 is 10.2 Å². The SMILES string of the molecule is Cc1ccc2oc(Cc3cccnc3N)cc2c1. The lowest BCUT2D eigenvalue weighted by atomic mass is 10.1. The van der Waals surface area contributed by atoms with Crippen molar-refractivity contribution in [2.24, 2.45) is 0 Å². The van der Waals surface area contributed by atoms with E-state index in [1.165, 1.54) is 5.56 Å². The Morgan fingerprint density at radius 3 is 2.94 bits per heavy atom. The van der Waals surface area contributed by atoms with Crippen molar-refractivity contribution in [3.8, 4) is 0 Å². The molecule has 0 bridgehead atoms. The number of hydrogen-bond donors (Lipinski definition) is 1. The van der Waals surface area contributed by atoms with Gasteiger partial charge in [-0.3, -0.25) is 0 Å². The first-order valence-corrected chi connectivity index (χ1v) is 5.91. The van der Waals surface area contributed by atoms with E-state index in [1.54, 1.807) is 6.20 Å². The number of rotatable bonds is 2. The van der Waals surface area contributed by atoms with Crippen molar-refractivity contribution in [3.05, 3.63) is 59.5 Å². The molecule has 2 aromatic heterocycles. The van der Waals surface area contributed by atoms with E-state index in [4.69, 9.17) is 10.2 Å². The Labute approximate surface area is 105 Å². The summed E-state index contributed by atoms with van der Waals surface area (Å²) < 4.78 is 5.80. The summed E-state index contributed by atoms with van der Waals surface area (Å²) in [7, 11) is 0. The van der Waals surface area contributed by atoms with E-state index in [0.29, 0.717) is 12.2 Å². The number of pyridine rings is 1. The van der Waals surface area contributed by atoms with E-state index in [-0.39, 0.29) is 0 Å². The fourth-order valence-corrected chi connectivity index (χ4v) is 2.09. The average Bonchev–Trinajstić information content (AvgIpc) is 2.73. The zero-order valence-electron chi connectivity index (χ0n) is 10.2. The minimum absolute atomic E-state index is 0.564. The molecule has 3 rings (SSSR count). The molecule has 0 spiro atoms. The van der Waals surface area contributed by atoms with Gasteiger partial charge in [0, 0.05) is 23.6 Å². The van der Waals surface area contributed by atoms with Crippen LogP contribution in [-0.4, -0.2) is 4.98 Å². The Hall–Kier alpha value is -2.29. The number of nitrogen functional groups attached to an aromatic ring is 1. The minimum atomic E-state index is 0.564. The summed E-state index contributed by atoms with van der Waals surface area (Å²) in [5, 5.41) is 1.13. The van der Waals surface area contributed by atoms with Crippen molar-refractivity contribution < 1.29 is 4.42 Å². The average molecular weight is 238 g/mol. The second kappa shape index (κ2) is 4.18. The number of nitrogens with zero attached hydrogens (tertiary/aromatic N) is 1. The molecule has 3 heteroatoms. The van der Waals surface area contributed by atoms with Crippen LogP contribution in [-0.2, 0) is 6.42 Å². The zero-order chi connectivity index (χ0) is 12.5. The molecule has 0 saturated heterocycles. The molecule has 2 heterocycles. The molecule has 1 aromatic carbocycles. The highest BCUT2D eigenvalue weighted by Gasteiger charge is 2.07. The highest BCUT2D eigenvalue weighted by Crippen LogP contribution is 2.23. The van der Waals surface area contributed by atoms with Crippen LogP contribution in [0.3, 0.4) is 0 Å². The van der Waals surface area contributed by atoms with Crippen molar-refractivity contribution in [2.75, 3.05) is 5.73 Å². The Morgan fingerprint density at radius 2 is 2.11 bits per heavy atom. The fourth-order valence-electron chi connectivity index (χ4n) is 2.09. The first-order valence-electron chi connectivity index (χ1n) is 5.91. The molecule has 0 aliphatic heterocycles. The third kappa shape index (κ3) is 1.95. The van der Waals surface area contributed by atoms with Gasteiger partial charge in [-0.25, -0.2) is 4.98 Å². The monoisotopic (exact) mass is 238 g/mol. The van der Waals surface area contributed by atoms with E-state index >= 15 is 0 Å². The first-order chi connectivity index (χ1) is 8.72. The molecule has 0 amide bonds. The van der Waals surface area contributed by atoms with Crippen molar-refractivity contribution in [3.63, 3.8) is 0 Å². The lowest BCUT2D eigenvalue weighted by Crippen LogP contribution is -1.97. The maximum atomic E-state index is 5.83. The van der Waals surface area contributed by atoms with Crippen LogP contribution in [0.4, 0.5) is 5.82 Å². The quantitative estimate of drug-likeness (QED) is 0.745. The van der Waals surface area contributed by atoms with Gasteiger partial charge in [-0.2, -0.15) is 0 Å². The summed E-state index contributed by atoms with van der Waals surface area (Å²) in [6.45, 7) is 2.07. The molecular weight excluding hydrogens is 224 g/mol. The van der Waals surface area contributed by atoms with Gasteiger partial charge in [0.15, 0.2) is 0 Å². The van der Waals surface area contributed by atoms with Crippen molar-refractivity contribution in [1.29, 1.82) is 0 Å². The second-order valence-electron chi connectivity index (χ2n) is 4.48. The maximum Gasteiger partial charge on any atom is 0.134 e. The molecule has 0 radical (unpaired) electrons. The van der Waals surface area contributed by atoms with Gasteiger partial charge in [0.25, 0.3) is 0 Å². The third-order valence-electron chi connectivity index (χ3n) is 3.01. The van der Waals surface area contributed by atoms with Crippen LogP contribution >= 0.6 is 0 Å². The molecular formula is C15H14N2O. The molecule has 0 aliphatic carbocycles. The molecule has 3 nitrogen and oxygen atoms in total. The topological polar surface area (TPSA) is 52.0 Å². The molecule has 0 fully saturated rings. The van der Waals surface area contributed by atoms with Crippen LogP contribution in [0.2, 0.25) is 0 Å². The van der Waals surface area contributed by atoms with Gasteiger partial charge in [0.05, 0.1) is 0 Å². The predicted octanol–water partition coefficient (Wildman–Crippen LogP) is 3.31. The maximum absolute atomic E-state index is 5.83. The van der Waals surface area contributed by atoms with E-state index < -0.39 is 0 Å². The van der Waals surface area contributed by atoms with Crippen LogP contribution in [0.5, 0.6) is 0 Å². The predicted molar refractivity (Wildman–Crippen MR) is 72.4 cm³/mol. The van der Waals surface area contributed by atoms with Gasteiger partial charge in [-0.1, -0.05) is 17.7 Å². The number of furan rings is 1. The lowest BCUT2D eigenvalue weighted by molar-refractivity contribution is 0.563. The largest absolute Gasteiger partial charge is 0.461 e. The zero-order valence-corrected chi connectivity index (χ0v) is 10.2. The molecule has 2 N–H and O–H groups in total. The molecule has 0 atom stereocenters. The number of benzene rings is 1. The molecule has 0 saturated carbocycles. The molecule has 3 aromatic rings. The summed E-state index contributed by atoms with van der Waals surface area (Å²) in [6.07, 6.45) is 2.37. The molecule has 90 valence electrons. The fraction of sp³-hybridized carbons (Fsp3) is 0.133. The number of hydrogen-bond acceptors (Lipinski definition) is 3. The van der Waals surface area contributed by atoms with Crippen LogP contribution < -0.4 is 5.73 Å². The van der Waals surface area contributed by atoms with Gasteiger partial charge in [0.1, 0.15) is 17.2 Å². The van der Waals surface area contributed by atoms with Crippen LogP contribution in [0, 0.1) is 6.92 Å². The molecule has 0 unspecified atom stereocenters. The number of aryl methyl sites for hydroxylation is 1. The van der Waals surface area contributed by atoms with Crippen LogP contribution in [0.15, 0.2) is 47.0 Å². The van der Waals surface area contributed by atoms with Crippen molar-refractivity contribution >= 4 is 16.8 Å². The Bertz CT molecular complexity index is 701. The number of nitrogens with two attached hydrogens (primary N) is 1. The van der Waals surface area contributed by atoms with Gasteiger partial charge in [-0.05, 0) is 31.2 Å². The number of fused-ring (bicyclic) bond motifs is 1. The third-order valence-corrected chi connectivity index (χ3v) is 3.01. The second-order valence-corrected chi connectivity index (χ2v) is 4.48. The first kappa shape index (κ1) is 10.8. The highest BCUT2D eigenvalue weighted by atomic mass is 16.3. The van der Waals surface area contributed by atoms with Gasteiger partial charge in [-0.15, -0.1) is 0 Å². The summed E-state index contributed by atoms with van der Waals surface area (Å²) >= 11 is 0. The van der Waals surface area contributed by atoms with Crippen molar-refractivity contribution in [1.82, 2.24) is 4.98 Å². The minimum Gasteiger partial charge on any atom is -0.461 e. The van der Waals surface area contributed by atoms with Crippen LogP contribution in [0.25, 0.3) is 11.0 Å². The Kier molecular flexibility index (Phi) is 2.52. The van der Waals surface area contributed by atoms with Crippen LogP contribution in [0.1, 0.15) is 16.9 Å². The summed E-state index contributed by atoms with van der Waals surface area (Å²) in [6, 6.07) is 12.1. The highest BCUT2D eigenvalue weighted by molar-refractivity contribution is 5.78. The molecule has 0 aliphatic rings.